The lowest BCUT2D eigenvalue weighted by Gasteiger charge is -2.13. The summed E-state index contributed by atoms with van der Waals surface area (Å²) < 4.78 is 14.5. The summed E-state index contributed by atoms with van der Waals surface area (Å²) in [5.74, 6) is -2.13. The maximum Gasteiger partial charge on any atom is 0.251 e. The lowest BCUT2D eigenvalue weighted by molar-refractivity contribution is 0.0989. The van der Waals surface area contributed by atoms with E-state index in [9.17, 15) is 14.0 Å². The first-order valence-electron chi connectivity index (χ1n) is 6.33. The van der Waals surface area contributed by atoms with Gasteiger partial charge in [0.05, 0.1) is 22.5 Å². The fraction of sp³-hybridized carbons (Fsp3) is 0.133. The van der Waals surface area contributed by atoms with E-state index in [0.29, 0.717) is 0 Å². The van der Waals surface area contributed by atoms with Crippen molar-refractivity contribution in [2.24, 2.45) is 5.73 Å². The van der Waals surface area contributed by atoms with Crippen LogP contribution in [0.5, 0.6) is 0 Å². The predicted octanol–water partition coefficient (Wildman–Crippen LogP) is 2.16. The van der Waals surface area contributed by atoms with Gasteiger partial charge in [-0.25, -0.2) is 4.39 Å². The summed E-state index contributed by atoms with van der Waals surface area (Å²) in [4.78, 5) is 27.3. The molecule has 1 aromatic heterocycles. The molecule has 1 amide bonds. The van der Waals surface area contributed by atoms with Crippen LogP contribution in [0.2, 0.25) is 0 Å². The Morgan fingerprint density at radius 1 is 1.29 bits per heavy atom. The first-order chi connectivity index (χ1) is 9.97. The number of hydrogen-bond acceptors (Lipinski definition) is 4. The highest BCUT2D eigenvalue weighted by atomic mass is 19.1. The second-order valence-corrected chi connectivity index (χ2v) is 4.43. The van der Waals surface area contributed by atoms with E-state index in [0.717, 1.165) is 6.07 Å². The van der Waals surface area contributed by atoms with Crippen molar-refractivity contribution >= 4 is 17.4 Å². The average molecular weight is 287 g/mol. The number of primary amides is 1. The minimum Gasteiger partial charge on any atom is -0.398 e. The molecule has 0 unspecified atom stereocenters. The molecule has 108 valence electrons. The van der Waals surface area contributed by atoms with Crippen molar-refractivity contribution in [3.05, 3.63) is 47.4 Å². The number of Topliss-reactive ketones (excluding diaryl/α,β-unsaturated/α-hetero) is 1. The normalized spacial score (nSPS) is 10.4. The smallest absolute Gasteiger partial charge is 0.251 e. The Bertz CT molecular complexity index is 715. The molecule has 0 atom stereocenters. The summed E-state index contributed by atoms with van der Waals surface area (Å²) >= 11 is 0. The van der Waals surface area contributed by atoms with Gasteiger partial charge in [-0.2, -0.15) is 0 Å². The van der Waals surface area contributed by atoms with E-state index in [-0.39, 0.29) is 40.3 Å². The Labute approximate surface area is 120 Å². The third-order valence-electron chi connectivity index (χ3n) is 3.11. The first-order valence-corrected chi connectivity index (χ1v) is 6.33. The molecule has 2 rings (SSSR count). The number of halogens is 1. The van der Waals surface area contributed by atoms with Gasteiger partial charge in [-0.15, -0.1) is 0 Å². The zero-order valence-electron chi connectivity index (χ0n) is 11.4. The van der Waals surface area contributed by atoms with Crippen LogP contribution in [0.1, 0.15) is 34.1 Å². The van der Waals surface area contributed by atoms with Crippen molar-refractivity contribution < 1.29 is 14.0 Å². The van der Waals surface area contributed by atoms with Crippen LogP contribution in [0.25, 0.3) is 11.3 Å². The van der Waals surface area contributed by atoms with Gasteiger partial charge >= 0.3 is 0 Å². The van der Waals surface area contributed by atoms with Gasteiger partial charge in [0.15, 0.2) is 5.78 Å². The van der Waals surface area contributed by atoms with Gasteiger partial charge in [0.1, 0.15) is 5.82 Å². The molecule has 0 fully saturated rings. The van der Waals surface area contributed by atoms with Gasteiger partial charge in [-0.05, 0) is 18.2 Å². The summed E-state index contributed by atoms with van der Waals surface area (Å²) in [6.45, 7) is 1.65. The molecular weight excluding hydrogens is 273 g/mol. The van der Waals surface area contributed by atoms with E-state index in [4.69, 9.17) is 11.5 Å². The highest BCUT2D eigenvalue weighted by Crippen LogP contribution is 2.33. The Hall–Kier alpha value is -2.76. The van der Waals surface area contributed by atoms with Crippen LogP contribution in [-0.4, -0.2) is 16.7 Å². The zero-order valence-corrected chi connectivity index (χ0v) is 11.4. The standard InChI is InChI=1S/C15H14FN3O2/c1-2-11(20)8-7-9(15(18)21)13(16)12(14(8)17)10-5-3-4-6-19-10/h3-7H,2,17H2,1H3,(H2,18,21). The minimum absolute atomic E-state index is 0.0388. The average Bonchev–Trinajstić information content (AvgIpc) is 2.47. The number of nitrogens with zero attached hydrogens (tertiary/aromatic N) is 1. The quantitative estimate of drug-likeness (QED) is 0.664. The molecule has 0 saturated carbocycles. The van der Waals surface area contributed by atoms with Crippen LogP contribution in [0.15, 0.2) is 30.5 Å². The minimum atomic E-state index is -0.963. The van der Waals surface area contributed by atoms with Crippen LogP contribution < -0.4 is 11.5 Å². The Morgan fingerprint density at radius 2 is 2.00 bits per heavy atom. The van der Waals surface area contributed by atoms with Crippen LogP contribution in [0.3, 0.4) is 0 Å². The molecule has 4 N–H and O–H groups in total. The first kappa shape index (κ1) is 14.6. The molecular formula is C15H14FN3O2. The molecule has 0 aliphatic carbocycles. The lowest BCUT2D eigenvalue weighted by atomic mass is 9.95. The molecule has 0 radical (unpaired) electrons. The van der Waals surface area contributed by atoms with Crippen LogP contribution >= 0.6 is 0 Å². The number of benzene rings is 1. The van der Waals surface area contributed by atoms with Gasteiger partial charge in [0.25, 0.3) is 5.91 Å². The molecule has 0 bridgehead atoms. The van der Waals surface area contributed by atoms with Crippen molar-refractivity contribution in [3.8, 4) is 11.3 Å². The van der Waals surface area contributed by atoms with Gasteiger partial charge in [-0.1, -0.05) is 13.0 Å². The second kappa shape index (κ2) is 5.70. The molecule has 6 heteroatoms. The summed E-state index contributed by atoms with van der Waals surface area (Å²) in [5.41, 5.74) is 10.9. The Balaban J connectivity index is 2.82. The molecule has 1 heterocycles. The molecule has 21 heavy (non-hydrogen) atoms. The van der Waals surface area contributed by atoms with E-state index in [1.165, 1.54) is 6.20 Å². The van der Waals surface area contributed by atoms with Crippen molar-refractivity contribution in [3.63, 3.8) is 0 Å². The molecule has 5 nitrogen and oxygen atoms in total. The Kier molecular flexibility index (Phi) is 3.98. The van der Waals surface area contributed by atoms with E-state index in [2.05, 4.69) is 4.98 Å². The van der Waals surface area contributed by atoms with Crippen molar-refractivity contribution in [1.29, 1.82) is 0 Å². The van der Waals surface area contributed by atoms with E-state index in [1.54, 1.807) is 25.1 Å². The number of aromatic nitrogens is 1. The van der Waals surface area contributed by atoms with Crippen LogP contribution in [-0.2, 0) is 0 Å². The molecule has 0 aliphatic rings. The maximum atomic E-state index is 14.5. The van der Waals surface area contributed by atoms with Gasteiger partial charge in [-0.3, -0.25) is 14.6 Å². The highest BCUT2D eigenvalue weighted by Gasteiger charge is 2.23. The number of ketones is 1. The SMILES string of the molecule is CCC(=O)c1cc(C(N)=O)c(F)c(-c2ccccn2)c1N. The van der Waals surface area contributed by atoms with Crippen molar-refractivity contribution in [2.45, 2.75) is 13.3 Å². The molecule has 0 aliphatic heterocycles. The van der Waals surface area contributed by atoms with E-state index >= 15 is 0 Å². The fourth-order valence-electron chi connectivity index (χ4n) is 2.03. The zero-order chi connectivity index (χ0) is 15.6. The highest BCUT2D eigenvalue weighted by molar-refractivity contribution is 6.07. The monoisotopic (exact) mass is 287 g/mol. The number of carbonyl (C=O) groups excluding carboxylic acids is 2. The second-order valence-electron chi connectivity index (χ2n) is 4.43. The number of pyridine rings is 1. The maximum absolute atomic E-state index is 14.5. The summed E-state index contributed by atoms with van der Waals surface area (Å²) in [7, 11) is 0. The van der Waals surface area contributed by atoms with Crippen LogP contribution in [0, 0.1) is 5.82 Å². The fourth-order valence-corrected chi connectivity index (χ4v) is 2.03. The third kappa shape index (κ3) is 2.60. The lowest BCUT2D eigenvalue weighted by Crippen LogP contribution is -2.17. The third-order valence-corrected chi connectivity index (χ3v) is 3.11. The number of anilines is 1. The summed E-state index contributed by atoms with van der Waals surface area (Å²) in [6.07, 6.45) is 1.64. The van der Waals surface area contributed by atoms with Crippen molar-refractivity contribution in [1.82, 2.24) is 4.98 Å². The predicted molar refractivity (Wildman–Crippen MR) is 77.2 cm³/mol. The molecule has 0 spiro atoms. The number of nitrogens with two attached hydrogens (primary N) is 2. The topological polar surface area (TPSA) is 99.1 Å². The van der Waals surface area contributed by atoms with Crippen LogP contribution in [0.4, 0.5) is 10.1 Å². The van der Waals surface area contributed by atoms with Crippen molar-refractivity contribution in [2.75, 3.05) is 5.73 Å². The van der Waals surface area contributed by atoms with Gasteiger partial charge in [0.2, 0.25) is 0 Å². The Morgan fingerprint density at radius 3 is 2.52 bits per heavy atom. The van der Waals surface area contributed by atoms with E-state index in [1.807, 2.05) is 0 Å². The number of carbonyl (C=O) groups is 2. The molecule has 1 aromatic carbocycles. The summed E-state index contributed by atoms with van der Waals surface area (Å²) in [5, 5.41) is 0. The number of rotatable bonds is 4. The van der Waals surface area contributed by atoms with E-state index < -0.39 is 11.7 Å². The summed E-state index contributed by atoms with van der Waals surface area (Å²) in [6, 6.07) is 5.96. The van der Waals surface area contributed by atoms with Gasteiger partial charge < -0.3 is 11.5 Å². The number of nitrogen functional groups attached to an aromatic ring is 1. The molecule has 0 saturated heterocycles. The number of amides is 1. The largest absolute Gasteiger partial charge is 0.398 e. The molecule has 2 aromatic rings. The number of hydrogen-bond donors (Lipinski definition) is 2. The van der Waals surface area contributed by atoms with Gasteiger partial charge in [0, 0.05) is 18.2 Å².